The standard InChI is InChI=1S/C13H15BN2/c14-11-3-1-9(2-4-11)5-10-6-12(15)8-13(16)7-10/h1-4,6-8H,5,14-16H2. The van der Waals surface area contributed by atoms with Crippen molar-refractivity contribution in [2.45, 2.75) is 6.42 Å². The molecule has 0 aliphatic rings. The highest BCUT2D eigenvalue weighted by molar-refractivity contribution is 6.32. The van der Waals surface area contributed by atoms with Crippen molar-refractivity contribution in [3.63, 3.8) is 0 Å². The van der Waals surface area contributed by atoms with Crippen molar-refractivity contribution >= 4 is 24.7 Å². The van der Waals surface area contributed by atoms with E-state index in [2.05, 4.69) is 32.1 Å². The molecule has 0 unspecified atom stereocenters. The highest BCUT2D eigenvalue weighted by Crippen LogP contribution is 2.16. The van der Waals surface area contributed by atoms with E-state index >= 15 is 0 Å². The van der Waals surface area contributed by atoms with Gasteiger partial charge in [-0.2, -0.15) is 0 Å². The lowest BCUT2D eigenvalue weighted by molar-refractivity contribution is 1.20. The van der Waals surface area contributed by atoms with Gasteiger partial charge in [0.2, 0.25) is 0 Å². The Kier molecular flexibility index (Phi) is 2.86. The van der Waals surface area contributed by atoms with E-state index in [4.69, 9.17) is 11.5 Å². The minimum atomic E-state index is 0.724. The molecule has 2 nitrogen and oxygen atoms in total. The number of hydrogen-bond acceptors (Lipinski definition) is 2. The summed E-state index contributed by atoms with van der Waals surface area (Å²) in [5.41, 5.74) is 16.7. The molecule has 2 aromatic rings. The molecule has 2 aromatic carbocycles. The smallest absolute Gasteiger partial charge is 0.139 e. The van der Waals surface area contributed by atoms with Crippen LogP contribution in [0.25, 0.3) is 0 Å². The van der Waals surface area contributed by atoms with E-state index in [1.54, 1.807) is 6.07 Å². The molecule has 0 saturated heterocycles. The van der Waals surface area contributed by atoms with Crippen molar-refractivity contribution < 1.29 is 0 Å². The molecule has 16 heavy (non-hydrogen) atoms. The molecule has 0 aliphatic heterocycles. The summed E-state index contributed by atoms with van der Waals surface area (Å²) in [4.78, 5) is 0. The van der Waals surface area contributed by atoms with E-state index in [0.717, 1.165) is 23.4 Å². The lowest BCUT2D eigenvalue weighted by Crippen LogP contribution is -2.01. The first kappa shape index (κ1) is 10.6. The molecule has 0 aromatic heterocycles. The zero-order chi connectivity index (χ0) is 11.5. The van der Waals surface area contributed by atoms with Gasteiger partial charge >= 0.3 is 0 Å². The van der Waals surface area contributed by atoms with E-state index in [-0.39, 0.29) is 0 Å². The Morgan fingerprint density at radius 3 is 1.94 bits per heavy atom. The third-order valence-corrected chi connectivity index (χ3v) is 2.57. The molecule has 80 valence electrons. The third-order valence-electron chi connectivity index (χ3n) is 2.57. The van der Waals surface area contributed by atoms with Gasteiger partial charge < -0.3 is 11.5 Å². The summed E-state index contributed by atoms with van der Waals surface area (Å²) in [6.07, 6.45) is 0.871. The summed E-state index contributed by atoms with van der Waals surface area (Å²) in [5, 5.41) is 0. The molecule has 4 N–H and O–H groups in total. The van der Waals surface area contributed by atoms with Crippen molar-refractivity contribution in [3.8, 4) is 0 Å². The maximum atomic E-state index is 5.76. The number of nitrogen functional groups attached to an aromatic ring is 2. The van der Waals surface area contributed by atoms with E-state index in [0.29, 0.717) is 0 Å². The molecule has 0 spiro atoms. The fourth-order valence-electron chi connectivity index (χ4n) is 1.79. The molecule has 0 fully saturated rings. The maximum Gasteiger partial charge on any atom is 0.139 e. The van der Waals surface area contributed by atoms with Crippen LogP contribution in [0.5, 0.6) is 0 Å². The average Bonchev–Trinajstić information content (AvgIpc) is 2.20. The van der Waals surface area contributed by atoms with Crippen LogP contribution in [0.1, 0.15) is 11.1 Å². The Labute approximate surface area is 96.7 Å². The normalized spacial score (nSPS) is 10.2. The van der Waals surface area contributed by atoms with E-state index in [1.165, 1.54) is 11.0 Å². The summed E-state index contributed by atoms with van der Waals surface area (Å²) >= 11 is 0. The van der Waals surface area contributed by atoms with Crippen LogP contribution >= 0.6 is 0 Å². The minimum absolute atomic E-state index is 0.724. The number of anilines is 2. The lowest BCUT2D eigenvalue weighted by Gasteiger charge is -2.05. The second-order valence-corrected chi connectivity index (χ2v) is 4.17. The number of rotatable bonds is 2. The van der Waals surface area contributed by atoms with Gasteiger partial charge in [-0.1, -0.05) is 29.7 Å². The highest BCUT2D eigenvalue weighted by atomic mass is 14.6. The summed E-state index contributed by atoms with van der Waals surface area (Å²) in [6.45, 7) is 0. The highest BCUT2D eigenvalue weighted by Gasteiger charge is 1.99. The van der Waals surface area contributed by atoms with Crippen molar-refractivity contribution in [2.75, 3.05) is 11.5 Å². The predicted octanol–water partition coefficient (Wildman–Crippen LogP) is 0.700. The van der Waals surface area contributed by atoms with Crippen molar-refractivity contribution in [2.24, 2.45) is 0 Å². The van der Waals surface area contributed by atoms with Gasteiger partial charge in [0.25, 0.3) is 0 Å². The zero-order valence-corrected chi connectivity index (χ0v) is 9.40. The Morgan fingerprint density at radius 2 is 1.38 bits per heavy atom. The lowest BCUT2D eigenvalue weighted by atomic mass is 9.94. The quantitative estimate of drug-likeness (QED) is 0.566. The van der Waals surface area contributed by atoms with Crippen LogP contribution in [0.3, 0.4) is 0 Å². The Morgan fingerprint density at radius 1 is 0.812 bits per heavy atom. The predicted molar refractivity (Wildman–Crippen MR) is 72.7 cm³/mol. The van der Waals surface area contributed by atoms with Gasteiger partial charge in [-0.25, -0.2) is 0 Å². The molecular formula is C13H15BN2. The van der Waals surface area contributed by atoms with Gasteiger partial charge in [0.05, 0.1) is 0 Å². The Balaban J connectivity index is 2.23. The largest absolute Gasteiger partial charge is 0.399 e. The van der Waals surface area contributed by atoms with Crippen LogP contribution in [0.4, 0.5) is 11.4 Å². The fourth-order valence-corrected chi connectivity index (χ4v) is 1.79. The van der Waals surface area contributed by atoms with Gasteiger partial charge in [-0.3, -0.25) is 0 Å². The van der Waals surface area contributed by atoms with Crippen molar-refractivity contribution in [3.05, 3.63) is 53.6 Å². The first-order chi connectivity index (χ1) is 7.63. The second-order valence-electron chi connectivity index (χ2n) is 4.17. The minimum Gasteiger partial charge on any atom is -0.399 e. The van der Waals surface area contributed by atoms with Crippen molar-refractivity contribution in [1.29, 1.82) is 0 Å². The number of nitrogens with two attached hydrogens (primary N) is 2. The molecule has 0 heterocycles. The third kappa shape index (κ3) is 2.57. The number of benzene rings is 2. The first-order valence-corrected chi connectivity index (χ1v) is 5.34. The monoisotopic (exact) mass is 210 g/mol. The van der Waals surface area contributed by atoms with Crippen LogP contribution in [0.15, 0.2) is 42.5 Å². The topological polar surface area (TPSA) is 52.0 Å². The molecule has 0 bridgehead atoms. The van der Waals surface area contributed by atoms with E-state index < -0.39 is 0 Å². The molecule has 0 aliphatic carbocycles. The molecule has 2 rings (SSSR count). The molecule has 0 saturated carbocycles. The molecule has 0 amide bonds. The van der Waals surface area contributed by atoms with E-state index in [9.17, 15) is 0 Å². The Bertz CT molecular complexity index is 472. The SMILES string of the molecule is Bc1ccc(Cc2cc(N)cc(N)c2)cc1. The van der Waals surface area contributed by atoms with Gasteiger partial charge in [0, 0.05) is 11.4 Å². The van der Waals surface area contributed by atoms with Gasteiger partial charge in [-0.05, 0) is 35.7 Å². The summed E-state index contributed by atoms with van der Waals surface area (Å²) in [6, 6.07) is 14.2. The van der Waals surface area contributed by atoms with Crippen LogP contribution in [-0.4, -0.2) is 7.85 Å². The van der Waals surface area contributed by atoms with Crippen LogP contribution in [-0.2, 0) is 6.42 Å². The Hall–Kier alpha value is -1.90. The zero-order valence-electron chi connectivity index (χ0n) is 9.40. The summed E-state index contributed by atoms with van der Waals surface area (Å²) < 4.78 is 0. The fraction of sp³-hybridized carbons (Fsp3) is 0.0769. The van der Waals surface area contributed by atoms with Crippen LogP contribution in [0, 0.1) is 0 Å². The molecule has 0 atom stereocenters. The van der Waals surface area contributed by atoms with Gasteiger partial charge in [0.15, 0.2) is 0 Å². The first-order valence-electron chi connectivity index (χ1n) is 5.34. The van der Waals surface area contributed by atoms with Gasteiger partial charge in [-0.15, -0.1) is 0 Å². The molecular weight excluding hydrogens is 195 g/mol. The summed E-state index contributed by atoms with van der Waals surface area (Å²) in [7, 11) is 2.09. The van der Waals surface area contributed by atoms with Crippen LogP contribution < -0.4 is 16.9 Å². The second kappa shape index (κ2) is 4.31. The van der Waals surface area contributed by atoms with Crippen molar-refractivity contribution in [1.82, 2.24) is 0 Å². The summed E-state index contributed by atoms with van der Waals surface area (Å²) in [5.74, 6) is 0. The number of hydrogen-bond donors (Lipinski definition) is 2. The maximum absolute atomic E-state index is 5.76. The van der Waals surface area contributed by atoms with E-state index in [1.807, 2.05) is 12.1 Å². The average molecular weight is 210 g/mol. The molecule has 0 radical (unpaired) electrons. The molecule has 3 heteroatoms. The van der Waals surface area contributed by atoms with Crippen LogP contribution in [0.2, 0.25) is 0 Å². The van der Waals surface area contributed by atoms with Gasteiger partial charge in [0.1, 0.15) is 7.85 Å².